The van der Waals surface area contributed by atoms with Gasteiger partial charge in [-0.05, 0) is 72.9 Å². The molecule has 4 heterocycles. The zero-order valence-electron chi connectivity index (χ0n) is 22.6. The van der Waals surface area contributed by atoms with Gasteiger partial charge in [0.05, 0.1) is 16.7 Å². The molecule has 1 amide bonds. The van der Waals surface area contributed by atoms with Crippen LogP contribution in [0.1, 0.15) is 38.3 Å². The number of carbonyl (C=O) groups is 2. The highest BCUT2D eigenvalue weighted by atomic mass is 32.1. The summed E-state index contributed by atoms with van der Waals surface area (Å²) >= 11 is 1.57. The lowest BCUT2D eigenvalue weighted by atomic mass is 10.1. The number of aryl methyl sites for hydroxylation is 2. The summed E-state index contributed by atoms with van der Waals surface area (Å²) in [6, 6.07) is 16.0. The number of phenolic OH excluding ortho intramolecular Hbond substituents is 1. The van der Waals surface area contributed by atoms with Crippen molar-refractivity contribution in [1.82, 2.24) is 24.5 Å². The zero-order valence-corrected chi connectivity index (χ0v) is 23.4. The fourth-order valence-corrected chi connectivity index (χ4v) is 5.62. The highest BCUT2D eigenvalue weighted by molar-refractivity contribution is 7.13. The summed E-state index contributed by atoms with van der Waals surface area (Å²) in [5, 5.41) is 11.8. The molecule has 0 saturated heterocycles. The van der Waals surface area contributed by atoms with Crippen molar-refractivity contribution in [2.24, 2.45) is 5.73 Å². The minimum Gasteiger partial charge on any atom is -0.507 e. The van der Waals surface area contributed by atoms with Gasteiger partial charge in [0.25, 0.3) is 5.91 Å². The zero-order chi connectivity index (χ0) is 30.1. The van der Waals surface area contributed by atoms with Crippen LogP contribution in [0, 0.1) is 5.82 Å². The molecule has 0 spiro atoms. The number of aromatic hydroxyl groups is 1. The molecule has 5 N–H and O–H groups in total. The molecule has 0 bridgehead atoms. The second-order valence-corrected chi connectivity index (χ2v) is 10.7. The van der Waals surface area contributed by atoms with Gasteiger partial charge in [-0.15, -0.1) is 11.3 Å². The van der Waals surface area contributed by atoms with Gasteiger partial charge in [-0.2, -0.15) is 0 Å². The molecule has 7 rings (SSSR count). The Hall–Kier alpha value is -5.49. The molecular weight excluding hydrogens is 569 g/mol. The van der Waals surface area contributed by atoms with Gasteiger partial charge in [0.2, 0.25) is 0 Å². The molecule has 0 aliphatic heterocycles. The number of nitrogens with two attached hydrogens (primary N) is 2. The molecule has 4 aromatic heterocycles. The maximum Gasteiger partial charge on any atom is 0.251 e. The molecule has 12 heteroatoms. The first-order valence-corrected chi connectivity index (χ1v) is 14.1. The number of aldehydes is 1. The SMILES string of the molecule is NC(=O)c1cc(C=O)c(O)cc1F.Nc1ncccc1-c1nc2ccc(-c3nccs3)nc2n1-c1ccc2c(c1)CCC2. The highest BCUT2D eigenvalue weighted by Crippen LogP contribution is 2.33. The number of primary amides is 1. The average Bonchev–Trinajstić information content (AvgIpc) is 3.77. The fraction of sp³-hybridized carbons (Fsp3) is 0.0968. The van der Waals surface area contributed by atoms with E-state index >= 15 is 0 Å². The third kappa shape index (κ3) is 5.31. The van der Waals surface area contributed by atoms with Crippen LogP contribution in [0.25, 0.3) is 38.9 Å². The number of nitrogen functional groups attached to an aromatic ring is 1. The van der Waals surface area contributed by atoms with Crippen LogP contribution in [0.4, 0.5) is 10.2 Å². The van der Waals surface area contributed by atoms with Gasteiger partial charge < -0.3 is 16.6 Å². The van der Waals surface area contributed by atoms with Crippen molar-refractivity contribution in [2.45, 2.75) is 19.3 Å². The molecular formula is C31H24FN7O3S. The van der Waals surface area contributed by atoms with Gasteiger partial charge in [0, 0.05) is 29.5 Å². The Bertz CT molecular complexity index is 2010. The largest absolute Gasteiger partial charge is 0.507 e. The second kappa shape index (κ2) is 11.4. The topological polar surface area (TPSA) is 163 Å². The Morgan fingerprint density at radius 1 is 1.02 bits per heavy atom. The number of halogens is 1. The first kappa shape index (κ1) is 27.7. The molecule has 6 aromatic rings. The summed E-state index contributed by atoms with van der Waals surface area (Å²) in [5.74, 6) is -1.25. The normalized spacial score (nSPS) is 12.0. The van der Waals surface area contributed by atoms with E-state index in [1.165, 1.54) is 17.5 Å². The van der Waals surface area contributed by atoms with Gasteiger partial charge >= 0.3 is 0 Å². The molecule has 0 atom stereocenters. The Morgan fingerprint density at radius 3 is 2.60 bits per heavy atom. The molecule has 2 aromatic carbocycles. The van der Waals surface area contributed by atoms with Crippen LogP contribution in [0.5, 0.6) is 5.75 Å². The van der Waals surface area contributed by atoms with Crippen LogP contribution in [-0.4, -0.2) is 41.8 Å². The van der Waals surface area contributed by atoms with Crippen molar-refractivity contribution in [3.8, 4) is 33.5 Å². The third-order valence-corrected chi connectivity index (χ3v) is 7.88. The lowest BCUT2D eigenvalue weighted by Gasteiger charge is -2.12. The van der Waals surface area contributed by atoms with E-state index < -0.39 is 23.0 Å². The number of imidazole rings is 1. The summed E-state index contributed by atoms with van der Waals surface area (Å²) in [7, 11) is 0. The number of anilines is 1. The van der Waals surface area contributed by atoms with Crippen molar-refractivity contribution < 1.29 is 19.1 Å². The molecule has 43 heavy (non-hydrogen) atoms. The molecule has 10 nitrogen and oxygen atoms in total. The Labute approximate surface area is 248 Å². The summed E-state index contributed by atoms with van der Waals surface area (Å²) in [5.41, 5.74) is 17.6. The predicted octanol–water partition coefficient (Wildman–Crippen LogP) is 5.12. The van der Waals surface area contributed by atoms with Gasteiger partial charge in [-0.1, -0.05) is 6.07 Å². The third-order valence-electron chi connectivity index (χ3n) is 7.08. The number of aromatic nitrogens is 5. The molecule has 0 saturated carbocycles. The van der Waals surface area contributed by atoms with Gasteiger partial charge in [-0.25, -0.2) is 24.3 Å². The number of thiazole rings is 1. The first-order valence-electron chi connectivity index (χ1n) is 13.2. The van der Waals surface area contributed by atoms with E-state index in [1.54, 1.807) is 23.7 Å². The highest BCUT2D eigenvalue weighted by Gasteiger charge is 2.20. The van der Waals surface area contributed by atoms with E-state index in [-0.39, 0.29) is 5.56 Å². The monoisotopic (exact) mass is 593 g/mol. The molecule has 0 unspecified atom stereocenters. The Morgan fingerprint density at radius 2 is 1.86 bits per heavy atom. The van der Waals surface area contributed by atoms with Crippen molar-refractivity contribution in [3.63, 3.8) is 0 Å². The van der Waals surface area contributed by atoms with Crippen LogP contribution in [0.3, 0.4) is 0 Å². The molecule has 214 valence electrons. The number of carbonyl (C=O) groups excluding carboxylic acids is 2. The van der Waals surface area contributed by atoms with Gasteiger partial charge in [-0.3, -0.25) is 14.2 Å². The van der Waals surface area contributed by atoms with E-state index in [9.17, 15) is 14.0 Å². The molecule has 1 aliphatic rings. The van der Waals surface area contributed by atoms with E-state index in [4.69, 9.17) is 26.5 Å². The molecule has 1 aliphatic carbocycles. The lowest BCUT2D eigenvalue weighted by Crippen LogP contribution is -2.13. The van der Waals surface area contributed by atoms with Crippen LogP contribution in [-0.2, 0) is 12.8 Å². The first-order chi connectivity index (χ1) is 20.8. The minimum atomic E-state index is -0.986. The second-order valence-electron chi connectivity index (χ2n) is 9.76. The van der Waals surface area contributed by atoms with E-state index in [1.807, 2.05) is 29.6 Å². The van der Waals surface area contributed by atoms with Gasteiger partial charge in [0.1, 0.15) is 33.6 Å². The number of benzene rings is 2. The number of phenols is 1. The van der Waals surface area contributed by atoms with Crippen molar-refractivity contribution in [1.29, 1.82) is 0 Å². The van der Waals surface area contributed by atoms with Crippen molar-refractivity contribution in [2.75, 3.05) is 5.73 Å². The van der Waals surface area contributed by atoms with Gasteiger partial charge in [0.15, 0.2) is 17.8 Å². The maximum atomic E-state index is 12.8. The quantitative estimate of drug-likeness (QED) is 0.232. The number of hydrogen-bond donors (Lipinski definition) is 3. The fourth-order valence-electron chi connectivity index (χ4n) is 5.02. The predicted molar refractivity (Wildman–Crippen MR) is 162 cm³/mol. The summed E-state index contributed by atoms with van der Waals surface area (Å²) in [4.78, 5) is 39.4. The smallest absolute Gasteiger partial charge is 0.251 e. The van der Waals surface area contributed by atoms with Crippen molar-refractivity contribution >= 4 is 40.5 Å². The number of fused-ring (bicyclic) bond motifs is 2. The Kier molecular flexibility index (Phi) is 7.34. The van der Waals surface area contributed by atoms with E-state index in [0.29, 0.717) is 18.2 Å². The average molecular weight is 594 g/mol. The molecule has 0 fully saturated rings. The number of pyridine rings is 2. The lowest BCUT2D eigenvalue weighted by molar-refractivity contribution is 0.0996. The van der Waals surface area contributed by atoms with Crippen LogP contribution in [0.2, 0.25) is 0 Å². The number of rotatable bonds is 5. The van der Waals surface area contributed by atoms with Crippen LogP contribution in [0.15, 0.2) is 72.4 Å². The number of hydrogen-bond acceptors (Lipinski definition) is 9. The summed E-state index contributed by atoms with van der Waals surface area (Å²) < 4.78 is 14.9. The van der Waals surface area contributed by atoms with E-state index in [2.05, 4.69) is 32.7 Å². The summed E-state index contributed by atoms with van der Waals surface area (Å²) in [6.07, 6.45) is 7.26. The standard InChI is InChI=1S/C23H18N6S.C8H6FNO3/c24-20-17(5-2-10-25-20)21-27-18-8-9-19(23-26-11-12-30-23)28-22(18)29(21)16-7-6-14-3-1-4-15(14)13-16;9-6-2-7(12)4(3-11)1-5(6)8(10)13/h2,5-13H,1,3-4H2,(H2,24,25);1-3,12H,(H2,10,13). The van der Waals surface area contributed by atoms with E-state index in [0.717, 1.165) is 57.8 Å². The van der Waals surface area contributed by atoms with Crippen LogP contribution >= 0.6 is 11.3 Å². The summed E-state index contributed by atoms with van der Waals surface area (Å²) in [6.45, 7) is 0. The number of amides is 1. The maximum absolute atomic E-state index is 12.8. The Balaban J connectivity index is 0.000000214. The minimum absolute atomic E-state index is 0.171. The number of nitrogens with zero attached hydrogens (tertiary/aromatic N) is 5. The van der Waals surface area contributed by atoms with Crippen LogP contribution < -0.4 is 11.5 Å². The molecule has 0 radical (unpaired) electrons. The van der Waals surface area contributed by atoms with Crippen molar-refractivity contribution in [3.05, 3.63) is 100 Å².